The summed E-state index contributed by atoms with van der Waals surface area (Å²) in [7, 11) is 15.7. The molecule has 220 valence electrons. The van der Waals surface area contributed by atoms with Crippen LogP contribution in [0.4, 0.5) is 17.1 Å². The van der Waals surface area contributed by atoms with Crippen molar-refractivity contribution in [1.82, 2.24) is 15.3 Å². The summed E-state index contributed by atoms with van der Waals surface area (Å²) in [6.07, 6.45) is 3.46. The standard InChI is InChI=1S/2C16H20N3O.Pt/c1-18(2)15-6-5-13(10-16(15)19(3)4)14-9-12(11-20)7-8-17-14;1-17-11-13-9-12(5-6-16(13)19(2)3)15-10-14(20-4)7-8-18-15;/h5-9,20H,11H2,1-4H3;5-8,10,17H,11H2,1-4H3;/q2*-1;+2. The first-order valence-corrected chi connectivity index (χ1v) is 13.0. The SMILES string of the molecule is CN(C)c1[c-]c(-c2cc(CO)ccn2)ccc1N(C)C.CNCc1[c-]c(-c2cc(OC)ccn2)ccc1N(C)C.[Pt+2]. The predicted molar refractivity (Wildman–Crippen MR) is 165 cm³/mol. The quantitative estimate of drug-likeness (QED) is 0.244. The van der Waals surface area contributed by atoms with E-state index in [4.69, 9.17) is 4.74 Å². The largest absolute Gasteiger partial charge is 2.00 e. The average Bonchev–Trinajstić information content (AvgIpc) is 2.97. The molecule has 4 aromatic rings. The zero-order chi connectivity index (χ0) is 29.2. The topological polar surface area (TPSA) is 77.0 Å². The van der Waals surface area contributed by atoms with E-state index in [0.717, 1.165) is 63.0 Å². The number of methoxy groups -OCH3 is 1. The van der Waals surface area contributed by atoms with Crippen LogP contribution in [-0.2, 0) is 34.2 Å². The van der Waals surface area contributed by atoms with E-state index in [-0.39, 0.29) is 27.7 Å². The molecule has 0 amide bonds. The van der Waals surface area contributed by atoms with Gasteiger partial charge in [0.1, 0.15) is 5.75 Å². The molecular formula is C32H40N6O2Pt. The Labute approximate surface area is 259 Å². The average molecular weight is 736 g/mol. The molecule has 0 bridgehead atoms. The first kappa shape index (κ1) is 33.8. The van der Waals surface area contributed by atoms with Crippen molar-refractivity contribution in [3.8, 4) is 28.3 Å². The predicted octanol–water partition coefficient (Wildman–Crippen LogP) is 4.51. The molecule has 0 spiro atoms. The van der Waals surface area contributed by atoms with E-state index < -0.39 is 0 Å². The monoisotopic (exact) mass is 735 g/mol. The molecule has 0 radical (unpaired) electrons. The van der Waals surface area contributed by atoms with E-state index in [2.05, 4.69) is 49.4 Å². The second kappa shape index (κ2) is 16.1. The number of hydrogen-bond donors (Lipinski definition) is 2. The fourth-order valence-electron chi connectivity index (χ4n) is 4.14. The molecule has 0 atom stereocenters. The van der Waals surface area contributed by atoms with Crippen molar-refractivity contribution < 1.29 is 30.9 Å². The molecule has 2 aromatic heterocycles. The van der Waals surface area contributed by atoms with Gasteiger partial charge >= 0.3 is 21.1 Å². The Morgan fingerprint density at radius 3 is 1.93 bits per heavy atom. The van der Waals surface area contributed by atoms with Crippen LogP contribution >= 0.6 is 0 Å². The summed E-state index contributed by atoms with van der Waals surface area (Å²) in [6, 6.07) is 22.5. The second-order valence-electron chi connectivity index (χ2n) is 9.84. The minimum absolute atomic E-state index is 0. The molecule has 8 nitrogen and oxygen atoms in total. The molecule has 2 aromatic carbocycles. The molecule has 0 saturated heterocycles. The summed E-state index contributed by atoms with van der Waals surface area (Å²) in [5.74, 6) is 0.801. The van der Waals surface area contributed by atoms with Crippen molar-refractivity contribution in [3.05, 3.63) is 84.2 Å². The van der Waals surface area contributed by atoms with Crippen molar-refractivity contribution >= 4 is 17.1 Å². The zero-order valence-electron chi connectivity index (χ0n) is 25.1. The third-order valence-electron chi connectivity index (χ3n) is 6.20. The number of aliphatic hydroxyl groups excluding tert-OH is 1. The van der Waals surface area contributed by atoms with E-state index in [1.807, 2.05) is 90.6 Å². The molecule has 0 aliphatic carbocycles. The number of nitrogens with one attached hydrogen (secondary N) is 1. The van der Waals surface area contributed by atoms with Gasteiger partial charge < -0.3 is 39.8 Å². The maximum absolute atomic E-state index is 9.22. The summed E-state index contributed by atoms with van der Waals surface area (Å²) in [5.41, 5.74) is 8.85. The summed E-state index contributed by atoms with van der Waals surface area (Å²) in [6.45, 7) is 0.789. The van der Waals surface area contributed by atoms with E-state index in [1.165, 1.54) is 0 Å². The van der Waals surface area contributed by atoms with Gasteiger partial charge in [0.2, 0.25) is 0 Å². The number of pyridine rings is 2. The Morgan fingerprint density at radius 1 is 0.780 bits per heavy atom. The van der Waals surface area contributed by atoms with Crippen LogP contribution in [-0.4, -0.2) is 71.5 Å². The third kappa shape index (κ3) is 9.02. The van der Waals surface area contributed by atoms with Crippen molar-refractivity contribution in [3.63, 3.8) is 0 Å². The van der Waals surface area contributed by atoms with Gasteiger partial charge in [-0.25, -0.2) is 0 Å². The number of ether oxygens (including phenoxy) is 1. The molecule has 0 unspecified atom stereocenters. The molecule has 0 aliphatic rings. The number of nitrogens with zero attached hydrogens (tertiary/aromatic N) is 5. The Hall–Kier alpha value is -3.45. The van der Waals surface area contributed by atoms with Gasteiger partial charge in [0.25, 0.3) is 0 Å². The van der Waals surface area contributed by atoms with Gasteiger partial charge in [-0.3, -0.25) is 0 Å². The smallest absolute Gasteiger partial charge is 0.497 e. The van der Waals surface area contributed by atoms with Crippen molar-refractivity contribution in [2.75, 3.05) is 71.1 Å². The van der Waals surface area contributed by atoms with Gasteiger partial charge in [0.05, 0.1) is 13.7 Å². The Morgan fingerprint density at radius 2 is 1.37 bits per heavy atom. The van der Waals surface area contributed by atoms with Crippen molar-refractivity contribution in [2.24, 2.45) is 0 Å². The Balaban J connectivity index is 0.000000280. The number of hydrogen-bond acceptors (Lipinski definition) is 8. The summed E-state index contributed by atoms with van der Waals surface area (Å²) < 4.78 is 5.24. The van der Waals surface area contributed by atoms with Crippen LogP contribution in [0.3, 0.4) is 0 Å². The van der Waals surface area contributed by atoms with E-state index >= 15 is 0 Å². The third-order valence-corrected chi connectivity index (χ3v) is 6.20. The molecular weight excluding hydrogens is 695 g/mol. The first-order valence-electron chi connectivity index (χ1n) is 13.0. The Bertz CT molecular complexity index is 1390. The first-order chi connectivity index (χ1) is 19.2. The number of anilines is 3. The van der Waals surface area contributed by atoms with Crippen LogP contribution in [0.2, 0.25) is 0 Å². The van der Waals surface area contributed by atoms with E-state index in [9.17, 15) is 5.11 Å². The van der Waals surface area contributed by atoms with Gasteiger partial charge in [0.15, 0.2) is 0 Å². The fourth-order valence-corrected chi connectivity index (χ4v) is 4.14. The van der Waals surface area contributed by atoms with Gasteiger partial charge in [-0.2, -0.15) is 0 Å². The fraction of sp³-hybridized carbons (Fsp3) is 0.312. The maximum Gasteiger partial charge on any atom is 2.00 e. The summed E-state index contributed by atoms with van der Waals surface area (Å²) in [5, 5.41) is 12.4. The molecule has 2 N–H and O–H groups in total. The van der Waals surface area contributed by atoms with Crippen molar-refractivity contribution in [2.45, 2.75) is 13.2 Å². The molecule has 2 heterocycles. The van der Waals surface area contributed by atoms with Gasteiger partial charge in [-0.05, 0) is 87.5 Å². The second-order valence-corrected chi connectivity index (χ2v) is 9.84. The number of aromatic nitrogens is 2. The van der Waals surface area contributed by atoms with Gasteiger partial charge in [0, 0.05) is 33.0 Å². The molecule has 0 saturated carbocycles. The Kier molecular flexibility index (Phi) is 13.3. The zero-order valence-corrected chi connectivity index (χ0v) is 27.4. The number of aliphatic hydroxyl groups is 1. The molecule has 9 heteroatoms. The summed E-state index contributed by atoms with van der Waals surface area (Å²) >= 11 is 0. The van der Waals surface area contributed by atoms with Crippen LogP contribution in [0.1, 0.15) is 11.1 Å². The minimum Gasteiger partial charge on any atom is -0.497 e. The number of benzene rings is 2. The minimum atomic E-state index is 0. The molecule has 0 aliphatic heterocycles. The van der Waals surface area contributed by atoms with Crippen LogP contribution in [0.15, 0.2) is 60.9 Å². The molecule has 0 fully saturated rings. The summed E-state index contributed by atoms with van der Waals surface area (Å²) in [4.78, 5) is 14.9. The van der Waals surface area contributed by atoms with Crippen LogP contribution in [0.5, 0.6) is 5.75 Å². The number of rotatable bonds is 9. The molecule has 41 heavy (non-hydrogen) atoms. The van der Waals surface area contributed by atoms with Gasteiger partial charge in [-0.1, -0.05) is 11.6 Å². The molecule has 4 rings (SSSR count). The normalized spacial score (nSPS) is 10.2. The maximum atomic E-state index is 9.22. The van der Waals surface area contributed by atoms with Crippen LogP contribution in [0.25, 0.3) is 22.5 Å². The van der Waals surface area contributed by atoms with E-state index in [0.29, 0.717) is 0 Å². The van der Waals surface area contributed by atoms with Gasteiger partial charge in [-0.15, -0.1) is 47.5 Å². The van der Waals surface area contributed by atoms with Crippen LogP contribution < -0.4 is 24.8 Å². The van der Waals surface area contributed by atoms with Crippen molar-refractivity contribution in [1.29, 1.82) is 0 Å². The van der Waals surface area contributed by atoms with E-state index in [1.54, 1.807) is 19.5 Å². The van der Waals surface area contributed by atoms with Crippen LogP contribution in [0, 0.1) is 12.1 Å².